The molecular formula is C11H11NO2. The Morgan fingerprint density at radius 1 is 1.43 bits per heavy atom. The fourth-order valence-corrected chi connectivity index (χ4v) is 1.72. The van der Waals surface area contributed by atoms with Gasteiger partial charge in [-0.1, -0.05) is 0 Å². The molecule has 0 atom stereocenters. The molecule has 72 valence electrons. The van der Waals surface area contributed by atoms with E-state index in [-0.39, 0.29) is 0 Å². The Morgan fingerprint density at radius 3 is 2.79 bits per heavy atom. The lowest BCUT2D eigenvalue weighted by molar-refractivity contribution is 0.0697. The predicted molar refractivity (Wildman–Crippen MR) is 54.6 cm³/mol. The number of carboxylic acid groups (broad SMARTS) is 1. The summed E-state index contributed by atoms with van der Waals surface area (Å²) in [6, 6.07) is 5.18. The number of hydrogen-bond acceptors (Lipinski definition) is 1. The molecule has 0 spiro atoms. The van der Waals surface area contributed by atoms with Crippen LogP contribution < -0.4 is 0 Å². The zero-order valence-corrected chi connectivity index (χ0v) is 8.11. The Morgan fingerprint density at radius 2 is 2.14 bits per heavy atom. The SMILES string of the molecule is Cc1cn(C)c2ccc(C(=O)O)cc12. The highest BCUT2D eigenvalue weighted by molar-refractivity contribution is 5.94. The first-order valence-corrected chi connectivity index (χ1v) is 4.38. The van der Waals surface area contributed by atoms with Crippen molar-refractivity contribution >= 4 is 16.9 Å². The van der Waals surface area contributed by atoms with Crippen LogP contribution in [-0.2, 0) is 7.05 Å². The van der Waals surface area contributed by atoms with E-state index in [1.165, 1.54) is 0 Å². The summed E-state index contributed by atoms with van der Waals surface area (Å²) < 4.78 is 2.00. The third kappa shape index (κ3) is 1.18. The van der Waals surface area contributed by atoms with Gasteiger partial charge in [0.2, 0.25) is 0 Å². The van der Waals surface area contributed by atoms with Gasteiger partial charge in [-0.3, -0.25) is 0 Å². The number of aromatic nitrogens is 1. The van der Waals surface area contributed by atoms with E-state index < -0.39 is 5.97 Å². The number of rotatable bonds is 1. The van der Waals surface area contributed by atoms with Gasteiger partial charge in [-0.2, -0.15) is 0 Å². The van der Waals surface area contributed by atoms with Crippen LogP contribution in [0.2, 0.25) is 0 Å². The van der Waals surface area contributed by atoms with Crippen LogP contribution in [0.25, 0.3) is 10.9 Å². The molecule has 2 aromatic rings. The second-order valence-electron chi connectivity index (χ2n) is 3.46. The van der Waals surface area contributed by atoms with Crippen LogP contribution in [0.15, 0.2) is 24.4 Å². The highest BCUT2D eigenvalue weighted by atomic mass is 16.4. The Balaban J connectivity index is 2.77. The van der Waals surface area contributed by atoms with Crippen molar-refractivity contribution < 1.29 is 9.90 Å². The molecule has 0 radical (unpaired) electrons. The molecule has 1 heterocycles. The minimum Gasteiger partial charge on any atom is -0.478 e. The summed E-state index contributed by atoms with van der Waals surface area (Å²) in [6.07, 6.45) is 2.00. The average molecular weight is 189 g/mol. The first kappa shape index (κ1) is 8.81. The van der Waals surface area contributed by atoms with E-state index >= 15 is 0 Å². The lowest BCUT2D eigenvalue weighted by Gasteiger charge is -1.97. The summed E-state index contributed by atoms with van der Waals surface area (Å²) in [5.74, 6) is -0.879. The van der Waals surface area contributed by atoms with Gasteiger partial charge >= 0.3 is 5.97 Å². The van der Waals surface area contributed by atoms with Crippen molar-refractivity contribution in [1.82, 2.24) is 4.57 Å². The van der Waals surface area contributed by atoms with Crippen molar-refractivity contribution in [3.8, 4) is 0 Å². The van der Waals surface area contributed by atoms with Crippen molar-refractivity contribution in [2.24, 2.45) is 7.05 Å². The minimum atomic E-state index is -0.879. The van der Waals surface area contributed by atoms with E-state index in [2.05, 4.69) is 0 Å². The largest absolute Gasteiger partial charge is 0.478 e. The van der Waals surface area contributed by atoms with E-state index in [1.54, 1.807) is 12.1 Å². The summed E-state index contributed by atoms with van der Waals surface area (Å²) >= 11 is 0. The van der Waals surface area contributed by atoms with Gasteiger partial charge in [0.15, 0.2) is 0 Å². The first-order chi connectivity index (χ1) is 6.59. The maximum atomic E-state index is 10.8. The second kappa shape index (κ2) is 2.87. The zero-order valence-electron chi connectivity index (χ0n) is 8.11. The molecule has 1 aromatic heterocycles. The molecule has 0 saturated heterocycles. The van der Waals surface area contributed by atoms with Gasteiger partial charge in [0.25, 0.3) is 0 Å². The van der Waals surface area contributed by atoms with E-state index in [0.29, 0.717) is 5.56 Å². The Kier molecular flexibility index (Phi) is 1.81. The molecule has 14 heavy (non-hydrogen) atoms. The third-order valence-electron chi connectivity index (χ3n) is 2.44. The molecule has 3 heteroatoms. The number of aromatic carboxylic acids is 1. The number of fused-ring (bicyclic) bond motifs is 1. The number of nitrogens with zero attached hydrogens (tertiary/aromatic N) is 1. The summed E-state index contributed by atoms with van der Waals surface area (Å²) in [6.45, 7) is 1.98. The van der Waals surface area contributed by atoms with Gasteiger partial charge in [-0.25, -0.2) is 4.79 Å². The lowest BCUT2D eigenvalue weighted by atomic mass is 10.1. The van der Waals surface area contributed by atoms with E-state index in [0.717, 1.165) is 16.5 Å². The summed E-state index contributed by atoms with van der Waals surface area (Å²) in [5, 5.41) is 9.84. The van der Waals surface area contributed by atoms with Crippen LogP contribution in [0.1, 0.15) is 15.9 Å². The lowest BCUT2D eigenvalue weighted by Crippen LogP contribution is -1.95. The van der Waals surface area contributed by atoms with Gasteiger partial charge in [0.1, 0.15) is 0 Å². The van der Waals surface area contributed by atoms with Crippen molar-refractivity contribution in [2.45, 2.75) is 6.92 Å². The van der Waals surface area contributed by atoms with Gasteiger partial charge in [0, 0.05) is 24.1 Å². The number of benzene rings is 1. The number of aryl methyl sites for hydroxylation is 2. The van der Waals surface area contributed by atoms with E-state index in [4.69, 9.17) is 5.11 Å². The van der Waals surface area contributed by atoms with Crippen LogP contribution in [0.5, 0.6) is 0 Å². The standard InChI is InChI=1S/C11H11NO2/c1-7-6-12(2)10-4-3-8(11(13)14)5-9(7)10/h3-6H,1-2H3,(H,13,14). The second-order valence-corrected chi connectivity index (χ2v) is 3.46. The summed E-state index contributed by atoms with van der Waals surface area (Å²) in [4.78, 5) is 10.8. The smallest absolute Gasteiger partial charge is 0.335 e. The van der Waals surface area contributed by atoms with E-state index in [1.807, 2.05) is 30.8 Å². The van der Waals surface area contributed by atoms with Crippen molar-refractivity contribution in [1.29, 1.82) is 0 Å². The molecule has 0 aliphatic carbocycles. The number of hydrogen-bond donors (Lipinski definition) is 1. The first-order valence-electron chi connectivity index (χ1n) is 4.38. The Hall–Kier alpha value is -1.77. The van der Waals surface area contributed by atoms with Crippen LogP contribution in [0.4, 0.5) is 0 Å². The summed E-state index contributed by atoms with van der Waals surface area (Å²) in [7, 11) is 1.95. The average Bonchev–Trinajstić information content (AvgIpc) is 2.42. The van der Waals surface area contributed by atoms with E-state index in [9.17, 15) is 4.79 Å². The maximum absolute atomic E-state index is 10.8. The molecule has 0 fully saturated rings. The topological polar surface area (TPSA) is 42.2 Å². The molecule has 0 aliphatic rings. The third-order valence-corrected chi connectivity index (χ3v) is 2.44. The van der Waals surface area contributed by atoms with Gasteiger partial charge < -0.3 is 9.67 Å². The Bertz CT molecular complexity index is 511. The molecular weight excluding hydrogens is 178 g/mol. The highest BCUT2D eigenvalue weighted by Crippen LogP contribution is 2.21. The monoisotopic (exact) mass is 189 g/mol. The molecule has 0 saturated carbocycles. The fourth-order valence-electron chi connectivity index (χ4n) is 1.72. The normalized spacial score (nSPS) is 10.7. The molecule has 0 unspecified atom stereocenters. The van der Waals surface area contributed by atoms with Crippen LogP contribution in [0.3, 0.4) is 0 Å². The van der Waals surface area contributed by atoms with Gasteiger partial charge in [0.05, 0.1) is 5.56 Å². The minimum absolute atomic E-state index is 0.340. The molecule has 1 N–H and O–H groups in total. The van der Waals surface area contributed by atoms with Crippen molar-refractivity contribution in [3.63, 3.8) is 0 Å². The maximum Gasteiger partial charge on any atom is 0.335 e. The highest BCUT2D eigenvalue weighted by Gasteiger charge is 2.07. The zero-order chi connectivity index (χ0) is 10.3. The molecule has 0 amide bonds. The number of carbonyl (C=O) groups is 1. The summed E-state index contributed by atoms with van der Waals surface area (Å²) in [5.41, 5.74) is 2.50. The molecule has 3 nitrogen and oxygen atoms in total. The molecule has 0 bridgehead atoms. The van der Waals surface area contributed by atoms with Crippen molar-refractivity contribution in [3.05, 3.63) is 35.5 Å². The Labute approximate surface area is 81.6 Å². The fraction of sp³-hybridized carbons (Fsp3) is 0.182. The van der Waals surface area contributed by atoms with Gasteiger partial charge in [-0.05, 0) is 30.7 Å². The van der Waals surface area contributed by atoms with Crippen LogP contribution >= 0.6 is 0 Å². The van der Waals surface area contributed by atoms with Gasteiger partial charge in [-0.15, -0.1) is 0 Å². The van der Waals surface area contributed by atoms with Crippen LogP contribution in [0, 0.1) is 6.92 Å². The predicted octanol–water partition coefficient (Wildman–Crippen LogP) is 2.18. The van der Waals surface area contributed by atoms with Crippen molar-refractivity contribution in [2.75, 3.05) is 0 Å². The quantitative estimate of drug-likeness (QED) is 0.747. The number of carboxylic acids is 1. The molecule has 2 rings (SSSR count). The molecule has 0 aliphatic heterocycles. The van der Waals surface area contributed by atoms with Crippen LogP contribution in [-0.4, -0.2) is 15.6 Å². The molecule has 1 aromatic carbocycles.